The molecule has 1 atom stereocenters. The maximum absolute atomic E-state index is 9.88. The highest BCUT2D eigenvalue weighted by Crippen LogP contribution is 2.17. The lowest BCUT2D eigenvalue weighted by Crippen LogP contribution is -2.38. The molecule has 86 valence electrons. The molecule has 0 aromatic heterocycles. The third kappa shape index (κ3) is 8.52. The van der Waals surface area contributed by atoms with Gasteiger partial charge in [-0.05, 0) is 31.7 Å². The highest BCUT2D eigenvalue weighted by molar-refractivity contribution is 4.75. The first-order valence-electron chi connectivity index (χ1n) is 5.70. The van der Waals surface area contributed by atoms with E-state index in [0.717, 1.165) is 25.8 Å². The molecule has 0 aromatic carbocycles. The highest BCUT2D eigenvalue weighted by atomic mass is 16.3. The number of hydrogen-bond acceptors (Lipinski definition) is 2. The summed E-state index contributed by atoms with van der Waals surface area (Å²) in [6.45, 7) is 12.4. The topological polar surface area (TPSA) is 32.3 Å². The molecule has 0 aromatic rings. The molecule has 0 spiro atoms. The minimum absolute atomic E-state index is 0.379. The first-order valence-corrected chi connectivity index (χ1v) is 5.70. The minimum Gasteiger partial charge on any atom is -0.389 e. The van der Waals surface area contributed by atoms with Crippen LogP contribution < -0.4 is 5.32 Å². The van der Waals surface area contributed by atoms with Crippen molar-refractivity contribution in [3.8, 4) is 0 Å². The summed E-state index contributed by atoms with van der Waals surface area (Å²) in [6, 6.07) is 0. The summed E-state index contributed by atoms with van der Waals surface area (Å²) in [6.07, 6.45) is 3.05. The van der Waals surface area contributed by atoms with Gasteiger partial charge in [-0.25, -0.2) is 0 Å². The van der Waals surface area contributed by atoms with Crippen molar-refractivity contribution in [2.24, 2.45) is 5.41 Å². The first-order chi connectivity index (χ1) is 6.27. The van der Waals surface area contributed by atoms with Crippen molar-refractivity contribution in [2.45, 2.75) is 59.5 Å². The van der Waals surface area contributed by atoms with E-state index in [1.165, 1.54) is 0 Å². The van der Waals surface area contributed by atoms with E-state index < -0.39 is 5.60 Å². The number of hydrogen-bond donors (Lipinski definition) is 2. The normalized spacial score (nSPS) is 16.7. The zero-order valence-corrected chi connectivity index (χ0v) is 10.5. The molecule has 14 heavy (non-hydrogen) atoms. The summed E-state index contributed by atoms with van der Waals surface area (Å²) in [5, 5.41) is 13.2. The lowest BCUT2D eigenvalue weighted by atomic mass is 9.92. The Morgan fingerprint density at radius 1 is 1.07 bits per heavy atom. The van der Waals surface area contributed by atoms with E-state index in [0.29, 0.717) is 12.0 Å². The molecule has 0 aliphatic carbocycles. The Kier molecular flexibility index (Phi) is 5.68. The Balaban J connectivity index is 3.54. The van der Waals surface area contributed by atoms with Crippen LogP contribution in [0.2, 0.25) is 0 Å². The van der Waals surface area contributed by atoms with Crippen molar-refractivity contribution in [3.05, 3.63) is 0 Å². The Hall–Kier alpha value is -0.0800. The Morgan fingerprint density at radius 2 is 1.64 bits per heavy atom. The Bertz CT molecular complexity index is 147. The fourth-order valence-corrected chi connectivity index (χ4v) is 1.45. The molecule has 0 saturated carbocycles. The fourth-order valence-electron chi connectivity index (χ4n) is 1.45. The number of rotatable bonds is 6. The van der Waals surface area contributed by atoms with Crippen molar-refractivity contribution in [2.75, 3.05) is 13.1 Å². The van der Waals surface area contributed by atoms with Gasteiger partial charge in [-0.1, -0.05) is 34.1 Å². The average molecular weight is 201 g/mol. The third-order valence-electron chi connectivity index (χ3n) is 2.35. The molecule has 0 bridgehead atoms. The standard InChI is InChI=1S/C12H27NO/c1-6-7-12(5,14)10-13-9-8-11(2,3)4/h13-14H,6-10H2,1-5H3. The van der Waals surface area contributed by atoms with Gasteiger partial charge in [-0.3, -0.25) is 0 Å². The van der Waals surface area contributed by atoms with Crippen LogP contribution in [-0.4, -0.2) is 23.8 Å². The Morgan fingerprint density at radius 3 is 2.07 bits per heavy atom. The van der Waals surface area contributed by atoms with Gasteiger partial charge in [0.25, 0.3) is 0 Å². The molecule has 0 fully saturated rings. The van der Waals surface area contributed by atoms with Gasteiger partial charge >= 0.3 is 0 Å². The molecule has 0 heterocycles. The molecule has 2 heteroatoms. The molecule has 0 saturated heterocycles. The van der Waals surface area contributed by atoms with Crippen LogP contribution >= 0.6 is 0 Å². The molecule has 0 aliphatic heterocycles. The molecule has 0 aliphatic rings. The molecule has 0 radical (unpaired) electrons. The maximum Gasteiger partial charge on any atom is 0.0743 e. The lowest BCUT2D eigenvalue weighted by Gasteiger charge is -2.24. The lowest BCUT2D eigenvalue weighted by molar-refractivity contribution is 0.0496. The van der Waals surface area contributed by atoms with E-state index in [9.17, 15) is 5.11 Å². The summed E-state index contributed by atoms with van der Waals surface area (Å²) in [5.74, 6) is 0. The predicted octanol–water partition coefficient (Wildman–Crippen LogP) is 2.56. The van der Waals surface area contributed by atoms with Gasteiger partial charge in [0.2, 0.25) is 0 Å². The van der Waals surface area contributed by atoms with Crippen molar-refractivity contribution < 1.29 is 5.11 Å². The van der Waals surface area contributed by atoms with Gasteiger partial charge in [0.15, 0.2) is 0 Å². The van der Waals surface area contributed by atoms with E-state index in [-0.39, 0.29) is 0 Å². The van der Waals surface area contributed by atoms with E-state index in [1.807, 2.05) is 6.92 Å². The monoisotopic (exact) mass is 201 g/mol. The van der Waals surface area contributed by atoms with Crippen molar-refractivity contribution >= 4 is 0 Å². The van der Waals surface area contributed by atoms with Gasteiger partial charge in [0, 0.05) is 6.54 Å². The summed E-state index contributed by atoms with van der Waals surface area (Å²) in [5.41, 5.74) is -0.157. The zero-order chi connectivity index (χ0) is 11.2. The van der Waals surface area contributed by atoms with E-state index >= 15 is 0 Å². The third-order valence-corrected chi connectivity index (χ3v) is 2.35. The molecule has 2 nitrogen and oxygen atoms in total. The number of aliphatic hydroxyl groups is 1. The van der Waals surface area contributed by atoms with Crippen LogP contribution in [0.5, 0.6) is 0 Å². The maximum atomic E-state index is 9.88. The smallest absolute Gasteiger partial charge is 0.0743 e. The van der Waals surface area contributed by atoms with Gasteiger partial charge in [0.05, 0.1) is 5.60 Å². The quantitative estimate of drug-likeness (QED) is 0.647. The van der Waals surface area contributed by atoms with Crippen LogP contribution in [0.15, 0.2) is 0 Å². The number of nitrogens with one attached hydrogen (secondary N) is 1. The van der Waals surface area contributed by atoms with Gasteiger partial charge in [0.1, 0.15) is 0 Å². The van der Waals surface area contributed by atoms with Gasteiger partial charge in [-0.2, -0.15) is 0 Å². The van der Waals surface area contributed by atoms with E-state index in [4.69, 9.17) is 0 Å². The van der Waals surface area contributed by atoms with Crippen molar-refractivity contribution in [1.29, 1.82) is 0 Å². The molecular weight excluding hydrogens is 174 g/mol. The first kappa shape index (κ1) is 13.9. The summed E-state index contributed by atoms with van der Waals surface area (Å²) in [7, 11) is 0. The van der Waals surface area contributed by atoms with Crippen LogP contribution in [0.1, 0.15) is 53.9 Å². The van der Waals surface area contributed by atoms with Crippen molar-refractivity contribution in [3.63, 3.8) is 0 Å². The predicted molar refractivity (Wildman–Crippen MR) is 62.5 cm³/mol. The van der Waals surface area contributed by atoms with E-state index in [2.05, 4.69) is 33.0 Å². The van der Waals surface area contributed by atoms with Crippen LogP contribution in [0.3, 0.4) is 0 Å². The molecule has 1 unspecified atom stereocenters. The molecule has 0 rings (SSSR count). The Labute approximate surface area is 89.1 Å². The van der Waals surface area contributed by atoms with Crippen molar-refractivity contribution in [1.82, 2.24) is 5.32 Å². The largest absolute Gasteiger partial charge is 0.389 e. The average Bonchev–Trinajstić information content (AvgIpc) is 1.96. The van der Waals surface area contributed by atoms with E-state index in [1.54, 1.807) is 0 Å². The highest BCUT2D eigenvalue weighted by Gasteiger charge is 2.18. The summed E-state index contributed by atoms with van der Waals surface area (Å²) in [4.78, 5) is 0. The molecular formula is C12H27NO. The molecule has 0 amide bonds. The second kappa shape index (κ2) is 5.72. The second-order valence-electron chi connectivity index (χ2n) is 5.73. The summed E-state index contributed by atoms with van der Waals surface area (Å²) < 4.78 is 0. The summed E-state index contributed by atoms with van der Waals surface area (Å²) >= 11 is 0. The second-order valence-corrected chi connectivity index (χ2v) is 5.73. The molecule has 2 N–H and O–H groups in total. The van der Waals surface area contributed by atoms with Crippen LogP contribution in [0.25, 0.3) is 0 Å². The van der Waals surface area contributed by atoms with Crippen LogP contribution in [-0.2, 0) is 0 Å². The fraction of sp³-hybridized carbons (Fsp3) is 1.00. The van der Waals surface area contributed by atoms with Gasteiger partial charge < -0.3 is 10.4 Å². The van der Waals surface area contributed by atoms with Gasteiger partial charge in [-0.15, -0.1) is 0 Å². The van der Waals surface area contributed by atoms with Crippen LogP contribution in [0.4, 0.5) is 0 Å². The van der Waals surface area contributed by atoms with Crippen LogP contribution in [0, 0.1) is 5.41 Å². The minimum atomic E-state index is -0.535. The SMILES string of the molecule is CCCC(C)(O)CNCCC(C)(C)C. The zero-order valence-electron chi connectivity index (χ0n) is 10.5.